The normalized spacial score (nSPS) is 10.1. The van der Waals surface area contributed by atoms with Crippen molar-refractivity contribution in [2.45, 2.75) is 13.8 Å². The van der Waals surface area contributed by atoms with Gasteiger partial charge in [-0.05, 0) is 11.1 Å². The van der Waals surface area contributed by atoms with Crippen LogP contribution in [0.3, 0.4) is 0 Å². The van der Waals surface area contributed by atoms with Gasteiger partial charge in [-0.2, -0.15) is 0 Å². The maximum Gasteiger partial charge on any atom is 0.516 e. The Kier molecular flexibility index (Phi) is 4.50. The van der Waals surface area contributed by atoms with E-state index in [0.29, 0.717) is 0 Å². The zero-order valence-corrected chi connectivity index (χ0v) is 9.76. The Morgan fingerprint density at radius 1 is 1.47 bits per heavy atom. The van der Waals surface area contributed by atoms with Crippen molar-refractivity contribution in [3.05, 3.63) is 11.8 Å². The highest BCUT2D eigenvalue weighted by atomic mass is 16.7. The molecule has 0 saturated carbocycles. The predicted molar refractivity (Wildman–Crippen MR) is 54.7 cm³/mol. The van der Waals surface area contributed by atoms with E-state index < -0.39 is 12.1 Å². The van der Waals surface area contributed by atoms with Crippen molar-refractivity contribution in [2.24, 2.45) is 5.92 Å². The van der Waals surface area contributed by atoms with Gasteiger partial charge >= 0.3 is 12.1 Å². The second kappa shape index (κ2) is 5.88. The maximum atomic E-state index is 11.3. The summed E-state index contributed by atoms with van der Waals surface area (Å²) in [5.41, 5.74) is 0. The molecule has 1 aromatic rings. The smallest absolute Gasteiger partial charge is 0.479 e. The standard InChI is InChI=1S/C10H13NO6/c1-6(2)5-15-10(13)16-9(12)7-4-8(14-3)11-17-7/h4,6H,5H2,1-3H3. The third kappa shape index (κ3) is 4.13. The van der Waals surface area contributed by atoms with Gasteiger partial charge in [-0.25, -0.2) is 9.59 Å². The minimum absolute atomic E-state index is 0.118. The van der Waals surface area contributed by atoms with Crippen LogP contribution in [0.25, 0.3) is 0 Å². The summed E-state index contributed by atoms with van der Waals surface area (Å²) in [4.78, 5) is 22.4. The van der Waals surface area contributed by atoms with Gasteiger partial charge in [-0.15, -0.1) is 0 Å². The molecule has 0 atom stereocenters. The lowest BCUT2D eigenvalue weighted by atomic mass is 10.2. The number of aromatic nitrogens is 1. The third-order valence-corrected chi connectivity index (χ3v) is 1.61. The van der Waals surface area contributed by atoms with E-state index >= 15 is 0 Å². The van der Waals surface area contributed by atoms with Crippen molar-refractivity contribution >= 4 is 12.1 Å². The minimum Gasteiger partial charge on any atom is -0.479 e. The average molecular weight is 243 g/mol. The topological polar surface area (TPSA) is 87.9 Å². The molecule has 0 bridgehead atoms. The molecule has 0 aliphatic rings. The Labute approximate surface area is 97.6 Å². The summed E-state index contributed by atoms with van der Waals surface area (Å²) >= 11 is 0. The average Bonchev–Trinajstić information content (AvgIpc) is 2.74. The summed E-state index contributed by atoms with van der Waals surface area (Å²) in [6.45, 7) is 3.89. The van der Waals surface area contributed by atoms with E-state index in [1.807, 2.05) is 13.8 Å². The van der Waals surface area contributed by atoms with Gasteiger partial charge in [-0.3, -0.25) is 0 Å². The number of carbonyl (C=O) groups excluding carboxylic acids is 2. The summed E-state index contributed by atoms with van der Waals surface area (Å²) in [7, 11) is 1.36. The SMILES string of the molecule is COc1cc(C(=O)OC(=O)OCC(C)C)on1. The van der Waals surface area contributed by atoms with Crippen molar-refractivity contribution in [3.8, 4) is 5.88 Å². The van der Waals surface area contributed by atoms with Crippen LogP contribution < -0.4 is 4.74 Å². The van der Waals surface area contributed by atoms with Crippen molar-refractivity contribution in [1.29, 1.82) is 0 Å². The van der Waals surface area contributed by atoms with Gasteiger partial charge in [-0.1, -0.05) is 13.8 Å². The molecular formula is C10H13NO6. The van der Waals surface area contributed by atoms with Crippen LogP contribution in [-0.2, 0) is 9.47 Å². The van der Waals surface area contributed by atoms with Gasteiger partial charge in [0.15, 0.2) is 0 Å². The molecule has 7 heteroatoms. The number of esters is 1. The molecule has 0 saturated heterocycles. The van der Waals surface area contributed by atoms with E-state index in [9.17, 15) is 9.59 Å². The maximum absolute atomic E-state index is 11.3. The molecule has 1 heterocycles. The van der Waals surface area contributed by atoms with Gasteiger partial charge in [0.1, 0.15) is 0 Å². The Hall–Kier alpha value is -2.05. The fraction of sp³-hybridized carbons (Fsp3) is 0.500. The Balaban J connectivity index is 2.46. The van der Waals surface area contributed by atoms with Crippen molar-refractivity contribution < 1.29 is 28.3 Å². The fourth-order valence-corrected chi connectivity index (χ4v) is 0.842. The third-order valence-electron chi connectivity index (χ3n) is 1.61. The largest absolute Gasteiger partial charge is 0.516 e. The fourth-order valence-electron chi connectivity index (χ4n) is 0.842. The second-order valence-electron chi connectivity index (χ2n) is 3.58. The van der Waals surface area contributed by atoms with E-state index in [1.165, 1.54) is 13.2 Å². The van der Waals surface area contributed by atoms with E-state index in [-0.39, 0.29) is 24.2 Å². The van der Waals surface area contributed by atoms with Crippen LogP contribution in [-0.4, -0.2) is 31.0 Å². The first-order valence-corrected chi connectivity index (χ1v) is 4.92. The van der Waals surface area contributed by atoms with Crippen LogP contribution in [0, 0.1) is 5.92 Å². The van der Waals surface area contributed by atoms with E-state index in [1.54, 1.807) is 0 Å². The Bertz CT molecular complexity index is 397. The summed E-state index contributed by atoms with van der Waals surface area (Å²) in [6.07, 6.45) is -1.07. The Morgan fingerprint density at radius 3 is 2.71 bits per heavy atom. The van der Waals surface area contributed by atoms with Gasteiger partial charge in [0, 0.05) is 0 Å². The van der Waals surface area contributed by atoms with Gasteiger partial charge < -0.3 is 18.7 Å². The van der Waals surface area contributed by atoms with Crippen LogP contribution >= 0.6 is 0 Å². The molecule has 7 nitrogen and oxygen atoms in total. The number of ether oxygens (including phenoxy) is 3. The highest BCUT2D eigenvalue weighted by molar-refractivity contribution is 5.93. The molecule has 0 N–H and O–H groups in total. The van der Waals surface area contributed by atoms with E-state index in [2.05, 4.69) is 19.2 Å². The molecule has 0 spiro atoms. The first-order valence-electron chi connectivity index (χ1n) is 4.92. The summed E-state index contributed by atoms with van der Waals surface area (Å²) in [5, 5.41) is 3.39. The number of hydrogen-bond acceptors (Lipinski definition) is 7. The number of carbonyl (C=O) groups is 2. The van der Waals surface area contributed by atoms with Crippen LogP contribution in [0.4, 0.5) is 4.79 Å². The van der Waals surface area contributed by atoms with E-state index in [0.717, 1.165) is 0 Å². The molecule has 94 valence electrons. The molecule has 0 amide bonds. The zero-order valence-electron chi connectivity index (χ0n) is 9.76. The summed E-state index contributed by atoms with van der Waals surface area (Å²) in [6, 6.07) is 1.21. The lowest BCUT2D eigenvalue weighted by molar-refractivity contribution is 0.0318. The molecule has 0 unspecified atom stereocenters. The highest BCUT2D eigenvalue weighted by Crippen LogP contribution is 2.11. The monoisotopic (exact) mass is 243 g/mol. The molecule has 0 aliphatic heterocycles. The molecule has 1 rings (SSSR count). The quantitative estimate of drug-likeness (QED) is 0.586. The lowest BCUT2D eigenvalue weighted by Crippen LogP contribution is -2.16. The molecule has 0 aromatic carbocycles. The number of nitrogens with zero attached hydrogens (tertiary/aromatic N) is 1. The first-order chi connectivity index (χ1) is 8.02. The van der Waals surface area contributed by atoms with Crippen molar-refractivity contribution in [3.63, 3.8) is 0 Å². The summed E-state index contributed by atoms with van der Waals surface area (Å²) in [5.74, 6) is -0.937. The zero-order chi connectivity index (χ0) is 12.8. The summed E-state index contributed by atoms with van der Waals surface area (Å²) < 4.78 is 18.3. The molecule has 17 heavy (non-hydrogen) atoms. The van der Waals surface area contributed by atoms with Gasteiger partial charge in [0.25, 0.3) is 5.88 Å². The van der Waals surface area contributed by atoms with Crippen LogP contribution in [0.2, 0.25) is 0 Å². The van der Waals surface area contributed by atoms with Crippen molar-refractivity contribution in [1.82, 2.24) is 5.16 Å². The molecule has 0 fully saturated rings. The number of hydrogen-bond donors (Lipinski definition) is 0. The first kappa shape index (κ1) is 13.0. The predicted octanol–water partition coefficient (Wildman–Crippen LogP) is 1.63. The molecule has 0 aliphatic carbocycles. The molecule has 1 aromatic heterocycles. The Morgan fingerprint density at radius 2 is 2.18 bits per heavy atom. The van der Waals surface area contributed by atoms with Crippen LogP contribution in [0.15, 0.2) is 10.6 Å². The second-order valence-corrected chi connectivity index (χ2v) is 3.58. The minimum atomic E-state index is -1.07. The van der Waals surface area contributed by atoms with Crippen molar-refractivity contribution in [2.75, 3.05) is 13.7 Å². The van der Waals surface area contributed by atoms with Crippen LogP contribution in [0.5, 0.6) is 5.88 Å². The number of methoxy groups -OCH3 is 1. The van der Waals surface area contributed by atoms with Gasteiger partial charge in [0.05, 0.1) is 19.8 Å². The van der Waals surface area contributed by atoms with Gasteiger partial charge in [0.2, 0.25) is 5.76 Å². The lowest BCUT2D eigenvalue weighted by Gasteiger charge is -2.05. The number of rotatable bonds is 4. The van der Waals surface area contributed by atoms with Crippen LogP contribution in [0.1, 0.15) is 24.4 Å². The molecule has 0 radical (unpaired) electrons. The van der Waals surface area contributed by atoms with E-state index in [4.69, 9.17) is 4.74 Å². The molecular weight excluding hydrogens is 230 g/mol. The highest BCUT2D eigenvalue weighted by Gasteiger charge is 2.19.